The van der Waals surface area contributed by atoms with E-state index in [9.17, 15) is 0 Å². The van der Waals surface area contributed by atoms with Gasteiger partial charge in [0.05, 0.1) is 12.2 Å². The van der Waals surface area contributed by atoms with Gasteiger partial charge in [-0.25, -0.2) is 0 Å². The summed E-state index contributed by atoms with van der Waals surface area (Å²) in [5, 5.41) is 7.73. The van der Waals surface area contributed by atoms with E-state index in [4.69, 9.17) is 0 Å². The molecule has 0 saturated carbocycles. The molecule has 0 radical (unpaired) electrons. The molecule has 1 aromatic heterocycles. The van der Waals surface area contributed by atoms with E-state index in [1.807, 2.05) is 24.0 Å². The van der Waals surface area contributed by atoms with Crippen LogP contribution in [-0.2, 0) is 13.6 Å². The zero-order valence-electron chi connectivity index (χ0n) is 11.9. The first-order valence-electron chi connectivity index (χ1n) is 6.80. The van der Waals surface area contributed by atoms with E-state index in [-0.39, 0.29) is 0 Å². The lowest BCUT2D eigenvalue weighted by Gasteiger charge is -2.21. The molecule has 4 nitrogen and oxygen atoms in total. The van der Waals surface area contributed by atoms with Gasteiger partial charge in [-0.15, -0.1) is 0 Å². The van der Waals surface area contributed by atoms with Crippen LogP contribution in [0.4, 0.5) is 11.4 Å². The van der Waals surface area contributed by atoms with Gasteiger partial charge in [0.25, 0.3) is 0 Å². The SMILES string of the molecule is CCN(CC)c1ccc(NCc2ccn(C)n2)cc1. The molecule has 0 aliphatic heterocycles. The highest BCUT2D eigenvalue weighted by molar-refractivity contribution is 5.55. The molecule has 0 amide bonds. The summed E-state index contributed by atoms with van der Waals surface area (Å²) in [4.78, 5) is 2.34. The van der Waals surface area contributed by atoms with Crippen LogP contribution in [0, 0.1) is 0 Å². The fourth-order valence-corrected chi connectivity index (χ4v) is 2.13. The minimum atomic E-state index is 0.755. The van der Waals surface area contributed by atoms with E-state index in [0.717, 1.165) is 31.0 Å². The summed E-state index contributed by atoms with van der Waals surface area (Å²) < 4.78 is 1.82. The third-order valence-electron chi connectivity index (χ3n) is 3.24. The van der Waals surface area contributed by atoms with E-state index in [1.165, 1.54) is 5.69 Å². The fraction of sp³-hybridized carbons (Fsp3) is 0.400. The maximum absolute atomic E-state index is 4.34. The van der Waals surface area contributed by atoms with Crippen LogP contribution in [0.25, 0.3) is 0 Å². The highest BCUT2D eigenvalue weighted by Crippen LogP contribution is 2.18. The van der Waals surface area contributed by atoms with Crippen LogP contribution in [0.2, 0.25) is 0 Å². The largest absolute Gasteiger partial charge is 0.379 e. The number of nitrogens with one attached hydrogen (secondary N) is 1. The molecule has 0 bridgehead atoms. The average molecular weight is 258 g/mol. The molecule has 1 heterocycles. The molecule has 0 aliphatic rings. The normalized spacial score (nSPS) is 10.5. The second kappa shape index (κ2) is 6.27. The summed E-state index contributed by atoms with van der Waals surface area (Å²) in [6.45, 7) is 7.19. The van der Waals surface area contributed by atoms with Crippen LogP contribution in [0.15, 0.2) is 36.5 Å². The molecule has 0 unspecified atom stereocenters. The minimum absolute atomic E-state index is 0.755. The number of rotatable bonds is 6. The van der Waals surface area contributed by atoms with Gasteiger partial charge in [0.1, 0.15) is 0 Å². The summed E-state index contributed by atoms with van der Waals surface area (Å²) in [5.41, 5.74) is 3.45. The zero-order chi connectivity index (χ0) is 13.7. The molecule has 0 atom stereocenters. The van der Waals surface area contributed by atoms with Crippen LogP contribution in [0.3, 0.4) is 0 Å². The summed E-state index contributed by atoms with van der Waals surface area (Å²) >= 11 is 0. The summed E-state index contributed by atoms with van der Waals surface area (Å²) in [6, 6.07) is 10.6. The Bertz CT molecular complexity index is 497. The number of aryl methyl sites for hydroxylation is 1. The predicted octanol–water partition coefficient (Wildman–Crippen LogP) is 2.88. The Morgan fingerprint density at radius 2 is 1.79 bits per heavy atom. The van der Waals surface area contributed by atoms with Crippen molar-refractivity contribution in [3.8, 4) is 0 Å². The van der Waals surface area contributed by atoms with Crippen LogP contribution >= 0.6 is 0 Å². The van der Waals surface area contributed by atoms with E-state index in [1.54, 1.807) is 0 Å². The molecule has 2 rings (SSSR count). The summed E-state index contributed by atoms with van der Waals surface area (Å²) in [6.07, 6.45) is 1.96. The molecule has 2 aromatic rings. The van der Waals surface area contributed by atoms with Crippen LogP contribution in [-0.4, -0.2) is 22.9 Å². The lowest BCUT2D eigenvalue weighted by molar-refractivity contribution is 0.747. The van der Waals surface area contributed by atoms with Crippen LogP contribution in [0.1, 0.15) is 19.5 Å². The van der Waals surface area contributed by atoms with Crippen molar-refractivity contribution in [2.75, 3.05) is 23.3 Å². The maximum atomic E-state index is 4.34. The van der Waals surface area contributed by atoms with Crippen molar-refractivity contribution < 1.29 is 0 Å². The lowest BCUT2D eigenvalue weighted by Crippen LogP contribution is -2.21. The predicted molar refractivity (Wildman–Crippen MR) is 80.5 cm³/mol. The Morgan fingerprint density at radius 3 is 2.32 bits per heavy atom. The van der Waals surface area contributed by atoms with Crippen molar-refractivity contribution in [2.24, 2.45) is 7.05 Å². The average Bonchev–Trinajstić information content (AvgIpc) is 2.85. The minimum Gasteiger partial charge on any atom is -0.379 e. The number of anilines is 2. The summed E-state index contributed by atoms with van der Waals surface area (Å²) in [5.74, 6) is 0. The van der Waals surface area contributed by atoms with Gasteiger partial charge in [-0.05, 0) is 44.2 Å². The molecule has 0 fully saturated rings. The van der Waals surface area contributed by atoms with Gasteiger partial charge >= 0.3 is 0 Å². The van der Waals surface area contributed by atoms with E-state index in [2.05, 4.69) is 53.4 Å². The molecule has 19 heavy (non-hydrogen) atoms. The van der Waals surface area contributed by atoms with Crippen molar-refractivity contribution in [3.63, 3.8) is 0 Å². The van der Waals surface area contributed by atoms with Gasteiger partial charge < -0.3 is 10.2 Å². The highest BCUT2D eigenvalue weighted by atomic mass is 15.3. The third-order valence-corrected chi connectivity index (χ3v) is 3.24. The Labute approximate surface area is 115 Å². The highest BCUT2D eigenvalue weighted by Gasteiger charge is 2.01. The number of nitrogens with zero attached hydrogens (tertiary/aromatic N) is 3. The molecule has 0 saturated heterocycles. The van der Waals surface area contributed by atoms with E-state index >= 15 is 0 Å². The van der Waals surface area contributed by atoms with Gasteiger partial charge in [0.2, 0.25) is 0 Å². The van der Waals surface area contributed by atoms with Crippen molar-refractivity contribution in [1.29, 1.82) is 0 Å². The Morgan fingerprint density at radius 1 is 1.11 bits per heavy atom. The molecule has 4 heteroatoms. The smallest absolute Gasteiger partial charge is 0.0815 e. The van der Waals surface area contributed by atoms with Crippen LogP contribution < -0.4 is 10.2 Å². The molecular formula is C15H22N4. The Balaban J connectivity index is 1.95. The topological polar surface area (TPSA) is 33.1 Å². The lowest BCUT2D eigenvalue weighted by atomic mass is 10.2. The second-order valence-corrected chi connectivity index (χ2v) is 4.55. The van der Waals surface area contributed by atoms with Gasteiger partial charge in [0, 0.05) is 37.7 Å². The maximum Gasteiger partial charge on any atom is 0.0815 e. The molecule has 102 valence electrons. The first kappa shape index (κ1) is 13.5. The molecular weight excluding hydrogens is 236 g/mol. The van der Waals surface area contributed by atoms with Crippen molar-refractivity contribution in [3.05, 3.63) is 42.2 Å². The van der Waals surface area contributed by atoms with Crippen molar-refractivity contribution >= 4 is 11.4 Å². The summed E-state index contributed by atoms with van der Waals surface area (Å²) in [7, 11) is 1.93. The number of aromatic nitrogens is 2. The zero-order valence-corrected chi connectivity index (χ0v) is 11.9. The monoisotopic (exact) mass is 258 g/mol. The molecule has 1 aromatic carbocycles. The van der Waals surface area contributed by atoms with Crippen LogP contribution in [0.5, 0.6) is 0 Å². The first-order valence-corrected chi connectivity index (χ1v) is 6.80. The van der Waals surface area contributed by atoms with E-state index < -0.39 is 0 Å². The third kappa shape index (κ3) is 3.50. The number of benzene rings is 1. The quantitative estimate of drug-likeness (QED) is 0.865. The van der Waals surface area contributed by atoms with Gasteiger partial charge in [-0.1, -0.05) is 0 Å². The molecule has 1 N–H and O–H groups in total. The molecule has 0 aliphatic carbocycles. The number of hydrogen-bond acceptors (Lipinski definition) is 3. The Kier molecular flexibility index (Phi) is 4.44. The fourth-order valence-electron chi connectivity index (χ4n) is 2.13. The van der Waals surface area contributed by atoms with Gasteiger partial charge in [-0.2, -0.15) is 5.10 Å². The number of hydrogen-bond donors (Lipinski definition) is 1. The van der Waals surface area contributed by atoms with E-state index in [0.29, 0.717) is 0 Å². The molecule has 0 spiro atoms. The first-order chi connectivity index (χ1) is 9.22. The van der Waals surface area contributed by atoms with Gasteiger partial charge in [0.15, 0.2) is 0 Å². The Hall–Kier alpha value is -1.97. The van der Waals surface area contributed by atoms with Crippen molar-refractivity contribution in [1.82, 2.24) is 9.78 Å². The standard InChI is InChI=1S/C15H22N4/c1-4-19(5-2)15-8-6-13(7-9-15)16-12-14-10-11-18(3)17-14/h6-11,16H,4-5,12H2,1-3H3. The van der Waals surface area contributed by atoms with Crippen molar-refractivity contribution in [2.45, 2.75) is 20.4 Å². The second-order valence-electron chi connectivity index (χ2n) is 4.55. The van der Waals surface area contributed by atoms with Gasteiger partial charge in [-0.3, -0.25) is 4.68 Å².